The van der Waals surface area contributed by atoms with Crippen LogP contribution in [-0.4, -0.2) is 60.2 Å². The molecule has 1 aliphatic rings. The Hall–Kier alpha value is -1.80. The fourth-order valence-electron chi connectivity index (χ4n) is 2.47. The summed E-state index contributed by atoms with van der Waals surface area (Å²) < 4.78 is 33.3. The fourth-order valence-corrected chi connectivity index (χ4v) is 6.27. The summed E-state index contributed by atoms with van der Waals surface area (Å²) in [5.74, 6) is 0. The third-order valence-corrected chi connectivity index (χ3v) is 7.79. The summed E-state index contributed by atoms with van der Waals surface area (Å²) in [6, 6.07) is 4.01. The summed E-state index contributed by atoms with van der Waals surface area (Å²) in [6.07, 6.45) is 0. The second-order valence-corrected chi connectivity index (χ2v) is 10.4. The van der Waals surface area contributed by atoms with Gasteiger partial charge in [0.05, 0.1) is 18.1 Å². The standard InChI is InChI=1S/C15H19N5O5S3/c1-10(2)16-14-17-18-15(27-14)26-12-4-3-11(20(21)22)9-13(12)28(23,24)19-5-7-25-8-6-19/h3-4,9-10H,5-8H2,1-2H3,(H,16,17). The summed E-state index contributed by atoms with van der Waals surface area (Å²) >= 11 is 2.41. The lowest BCUT2D eigenvalue weighted by atomic mass is 10.3. The predicted molar refractivity (Wildman–Crippen MR) is 105 cm³/mol. The topological polar surface area (TPSA) is 128 Å². The van der Waals surface area contributed by atoms with E-state index in [1.54, 1.807) is 0 Å². The van der Waals surface area contributed by atoms with Gasteiger partial charge in [-0.1, -0.05) is 23.1 Å². The molecule has 1 fully saturated rings. The third-order valence-electron chi connectivity index (χ3n) is 3.74. The van der Waals surface area contributed by atoms with Gasteiger partial charge in [0.1, 0.15) is 4.90 Å². The van der Waals surface area contributed by atoms with Crippen molar-refractivity contribution in [2.75, 3.05) is 31.6 Å². The van der Waals surface area contributed by atoms with E-state index in [0.717, 1.165) is 17.8 Å². The number of anilines is 1. The zero-order chi connectivity index (χ0) is 20.3. The highest BCUT2D eigenvalue weighted by Gasteiger charge is 2.31. The molecule has 1 aliphatic heterocycles. The number of non-ortho nitro benzene ring substituents is 1. The van der Waals surface area contributed by atoms with Gasteiger partial charge in [0.2, 0.25) is 15.2 Å². The van der Waals surface area contributed by atoms with Gasteiger partial charge in [-0.25, -0.2) is 8.42 Å². The molecule has 2 aromatic rings. The van der Waals surface area contributed by atoms with Gasteiger partial charge in [0, 0.05) is 36.2 Å². The van der Waals surface area contributed by atoms with Crippen LogP contribution in [0.1, 0.15) is 13.8 Å². The summed E-state index contributed by atoms with van der Waals surface area (Å²) in [6.45, 7) is 4.93. The minimum atomic E-state index is -3.91. The molecule has 1 N–H and O–H groups in total. The molecule has 1 saturated heterocycles. The number of ether oxygens (including phenoxy) is 1. The van der Waals surface area contributed by atoms with Crippen LogP contribution in [0.3, 0.4) is 0 Å². The average molecular weight is 446 g/mol. The molecule has 0 amide bonds. The number of nitro benzene ring substituents is 1. The zero-order valence-electron chi connectivity index (χ0n) is 15.2. The van der Waals surface area contributed by atoms with E-state index in [2.05, 4.69) is 15.5 Å². The van der Waals surface area contributed by atoms with Gasteiger partial charge in [-0.3, -0.25) is 10.1 Å². The van der Waals surface area contributed by atoms with Gasteiger partial charge in [0.25, 0.3) is 5.69 Å². The normalized spacial score (nSPS) is 15.7. The van der Waals surface area contributed by atoms with Crippen LogP contribution in [-0.2, 0) is 14.8 Å². The molecule has 0 spiro atoms. The largest absolute Gasteiger partial charge is 0.379 e. The highest BCUT2D eigenvalue weighted by Crippen LogP contribution is 2.38. The highest BCUT2D eigenvalue weighted by molar-refractivity contribution is 8.01. The van der Waals surface area contributed by atoms with Crippen molar-refractivity contribution in [3.05, 3.63) is 28.3 Å². The first-order chi connectivity index (χ1) is 13.3. The van der Waals surface area contributed by atoms with Crippen LogP contribution < -0.4 is 5.32 Å². The molecule has 0 aliphatic carbocycles. The SMILES string of the molecule is CC(C)Nc1nnc(Sc2ccc([N+](=O)[O-])cc2S(=O)(=O)N2CCOCC2)s1. The van der Waals surface area contributed by atoms with Crippen molar-refractivity contribution in [3.8, 4) is 0 Å². The number of aromatic nitrogens is 2. The van der Waals surface area contributed by atoms with Crippen LogP contribution in [0.25, 0.3) is 0 Å². The molecule has 152 valence electrons. The average Bonchev–Trinajstić information content (AvgIpc) is 3.08. The van der Waals surface area contributed by atoms with Crippen molar-refractivity contribution >= 4 is 43.9 Å². The molecule has 28 heavy (non-hydrogen) atoms. The summed E-state index contributed by atoms with van der Waals surface area (Å²) in [4.78, 5) is 10.8. The Morgan fingerprint density at radius 2 is 2.04 bits per heavy atom. The first-order valence-electron chi connectivity index (χ1n) is 8.41. The van der Waals surface area contributed by atoms with E-state index < -0.39 is 14.9 Å². The minimum absolute atomic E-state index is 0.109. The Bertz CT molecular complexity index is 957. The van der Waals surface area contributed by atoms with Gasteiger partial charge >= 0.3 is 0 Å². The second kappa shape index (κ2) is 8.69. The van der Waals surface area contributed by atoms with Gasteiger partial charge in [0.15, 0.2) is 4.34 Å². The molecule has 10 nitrogen and oxygen atoms in total. The Labute approximate surface area is 170 Å². The molecule has 0 unspecified atom stereocenters. The van der Waals surface area contributed by atoms with Crippen molar-refractivity contribution < 1.29 is 18.1 Å². The first kappa shape index (κ1) is 20.9. The quantitative estimate of drug-likeness (QED) is 0.505. The molecule has 0 radical (unpaired) electrons. The molecule has 0 saturated carbocycles. The Kier molecular flexibility index (Phi) is 6.50. The number of nitro groups is 1. The fraction of sp³-hybridized carbons (Fsp3) is 0.467. The third kappa shape index (κ3) is 4.78. The Balaban J connectivity index is 1.96. The van der Waals surface area contributed by atoms with Crippen LogP contribution in [0.2, 0.25) is 0 Å². The van der Waals surface area contributed by atoms with E-state index in [9.17, 15) is 18.5 Å². The van der Waals surface area contributed by atoms with E-state index in [1.807, 2.05) is 13.8 Å². The van der Waals surface area contributed by atoms with Crippen molar-refractivity contribution in [2.24, 2.45) is 0 Å². The Morgan fingerprint density at radius 3 is 2.68 bits per heavy atom. The summed E-state index contributed by atoms with van der Waals surface area (Å²) in [5, 5.41) is 23.0. The Morgan fingerprint density at radius 1 is 1.32 bits per heavy atom. The van der Waals surface area contributed by atoms with Gasteiger partial charge in [-0.05, 0) is 19.9 Å². The molecule has 1 aromatic heterocycles. The van der Waals surface area contributed by atoms with Crippen molar-refractivity contribution in [1.29, 1.82) is 0 Å². The molecule has 0 bridgehead atoms. The van der Waals surface area contributed by atoms with Crippen molar-refractivity contribution in [1.82, 2.24) is 14.5 Å². The van der Waals surface area contributed by atoms with E-state index in [1.165, 1.54) is 27.8 Å². The molecule has 13 heteroatoms. The molecule has 2 heterocycles. The van der Waals surface area contributed by atoms with Crippen molar-refractivity contribution in [2.45, 2.75) is 34.0 Å². The smallest absolute Gasteiger partial charge is 0.270 e. The van der Waals surface area contributed by atoms with Gasteiger partial charge in [-0.2, -0.15) is 4.31 Å². The highest BCUT2D eigenvalue weighted by atomic mass is 32.2. The number of nitrogens with one attached hydrogen (secondary N) is 1. The van der Waals surface area contributed by atoms with Crippen LogP contribution in [0, 0.1) is 10.1 Å². The van der Waals surface area contributed by atoms with E-state index >= 15 is 0 Å². The summed E-state index contributed by atoms with van der Waals surface area (Å²) in [5.41, 5.74) is -0.282. The molecule has 3 rings (SSSR count). The first-order valence-corrected chi connectivity index (χ1v) is 11.5. The monoisotopic (exact) mass is 445 g/mol. The van der Waals surface area contributed by atoms with Crippen LogP contribution in [0.4, 0.5) is 10.8 Å². The maximum Gasteiger partial charge on any atom is 0.270 e. The number of nitrogens with zero attached hydrogens (tertiary/aromatic N) is 4. The number of hydrogen-bond donors (Lipinski definition) is 1. The van der Waals surface area contributed by atoms with Crippen LogP contribution in [0.15, 0.2) is 32.3 Å². The molecule has 0 atom stereocenters. The maximum absolute atomic E-state index is 13.1. The zero-order valence-corrected chi connectivity index (χ0v) is 17.6. The number of benzene rings is 1. The van der Waals surface area contributed by atoms with Gasteiger partial charge in [-0.15, -0.1) is 10.2 Å². The predicted octanol–water partition coefficient (Wildman–Crippen LogP) is 2.44. The lowest BCUT2D eigenvalue weighted by Crippen LogP contribution is -2.40. The molecular formula is C15H19N5O5S3. The van der Waals surface area contributed by atoms with E-state index in [0.29, 0.717) is 14.4 Å². The number of morpholine rings is 1. The van der Waals surface area contributed by atoms with Crippen molar-refractivity contribution in [3.63, 3.8) is 0 Å². The molecular weight excluding hydrogens is 426 g/mol. The maximum atomic E-state index is 13.1. The number of hydrogen-bond acceptors (Lipinski definition) is 10. The lowest BCUT2D eigenvalue weighted by molar-refractivity contribution is -0.385. The van der Waals surface area contributed by atoms with Crippen LogP contribution in [0.5, 0.6) is 0 Å². The summed E-state index contributed by atoms with van der Waals surface area (Å²) in [7, 11) is -3.91. The van der Waals surface area contributed by atoms with Crippen LogP contribution >= 0.6 is 23.1 Å². The number of sulfonamides is 1. The minimum Gasteiger partial charge on any atom is -0.379 e. The van der Waals surface area contributed by atoms with E-state index in [4.69, 9.17) is 4.74 Å². The van der Waals surface area contributed by atoms with E-state index in [-0.39, 0.29) is 42.9 Å². The number of rotatable bonds is 7. The lowest BCUT2D eigenvalue weighted by Gasteiger charge is -2.26. The second-order valence-electron chi connectivity index (χ2n) is 6.18. The van der Waals surface area contributed by atoms with Gasteiger partial charge < -0.3 is 10.1 Å². The molecule has 1 aromatic carbocycles.